The predicted molar refractivity (Wildman–Crippen MR) is 115 cm³/mol. The number of hydrogen-bond acceptors (Lipinski definition) is 4. The lowest BCUT2D eigenvalue weighted by Gasteiger charge is -2.16. The van der Waals surface area contributed by atoms with Gasteiger partial charge >= 0.3 is 0 Å². The molecule has 0 aliphatic heterocycles. The molecule has 2 N–H and O–H groups in total. The van der Waals surface area contributed by atoms with Crippen LogP contribution in [0.2, 0.25) is 0 Å². The Morgan fingerprint density at radius 3 is 2.68 bits per heavy atom. The molecule has 0 saturated carbocycles. The van der Waals surface area contributed by atoms with Crippen LogP contribution >= 0.6 is 11.3 Å². The van der Waals surface area contributed by atoms with Gasteiger partial charge in [-0.15, -0.1) is 11.3 Å². The van der Waals surface area contributed by atoms with Crippen molar-refractivity contribution < 1.29 is 12.8 Å². The number of halogens is 1. The van der Waals surface area contributed by atoms with Gasteiger partial charge in [0.25, 0.3) is 0 Å². The maximum atomic E-state index is 13.7. The standard InChI is InChI=1S/C20H28FN3O2S2/c1-4-22-20(23-12-15(2)10-19-6-5-9-27-19)24-13-17-11-18(21)8-7-16(17)14-28(3,25)26/h5-9,11,15H,4,10,12-14H2,1-3H3,(H2,22,23,24). The molecule has 2 rings (SSSR count). The summed E-state index contributed by atoms with van der Waals surface area (Å²) in [6, 6.07) is 8.34. The second-order valence-corrected chi connectivity index (χ2v) is 10.1. The summed E-state index contributed by atoms with van der Waals surface area (Å²) in [6.07, 6.45) is 2.16. The summed E-state index contributed by atoms with van der Waals surface area (Å²) in [7, 11) is -3.21. The minimum Gasteiger partial charge on any atom is -0.357 e. The van der Waals surface area contributed by atoms with Gasteiger partial charge in [-0.3, -0.25) is 0 Å². The van der Waals surface area contributed by atoms with E-state index in [0.717, 1.165) is 13.0 Å². The van der Waals surface area contributed by atoms with Crippen molar-refractivity contribution in [2.24, 2.45) is 10.9 Å². The molecule has 1 heterocycles. The molecule has 1 unspecified atom stereocenters. The number of hydrogen-bond donors (Lipinski definition) is 2. The molecule has 8 heteroatoms. The van der Waals surface area contributed by atoms with Crippen LogP contribution in [0.4, 0.5) is 4.39 Å². The maximum absolute atomic E-state index is 13.7. The number of thiophene rings is 1. The quantitative estimate of drug-likeness (QED) is 0.477. The number of benzene rings is 1. The molecule has 0 bridgehead atoms. The van der Waals surface area contributed by atoms with Gasteiger partial charge in [0.1, 0.15) is 5.82 Å². The van der Waals surface area contributed by atoms with Gasteiger partial charge in [-0.1, -0.05) is 19.1 Å². The van der Waals surface area contributed by atoms with E-state index in [1.165, 1.54) is 29.3 Å². The Morgan fingerprint density at radius 1 is 1.25 bits per heavy atom. The summed E-state index contributed by atoms with van der Waals surface area (Å²) in [5, 5.41) is 8.57. The summed E-state index contributed by atoms with van der Waals surface area (Å²) < 4.78 is 36.9. The monoisotopic (exact) mass is 425 g/mol. The zero-order valence-corrected chi connectivity index (χ0v) is 18.2. The molecule has 1 aromatic heterocycles. The minimum atomic E-state index is -3.21. The van der Waals surface area contributed by atoms with E-state index in [2.05, 4.69) is 40.1 Å². The fraction of sp³-hybridized carbons (Fsp3) is 0.450. The van der Waals surface area contributed by atoms with Crippen LogP contribution in [-0.2, 0) is 28.6 Å². The number of sulfone groups is 1. The molecule has 1 aromatic carbocycles. The van der Waals surface area contributed by atoms with Gasteiger partial charge in [0.05, 0.1) is 12.3 Å². The summed E-state index contributed by atoms with van der Waals surface area (Å²) >= 11 is 1.75. The van der Waals surface area contributed by atoms with E-state index in [9.17, 15) is 12.8 Å². The summed E-state index contributed by atoms with van der Waals surface area (Å²) in [5.74, 6) is 0.539. The second kappa shape index (κ2) is 10.6. The van der Waals surface area contributed by atoms with Gasteiger partial charge in [-0.05, 0) is 54.0 Å². The number of aliphatic imine (C=N–C) groups is 1. The van der Waals surface area contributed by atoms with Crippen LogP contribution in [0.3, 0.4) is 0 Å². The summed E-state index contributed by atoms with van der Waals surface area (Å²) in [6.45, 7) is 5.81. The first-order valence-corrected chi connectivity index (χ1v) is 12.2. The van der Waals surface area contributed by atoms with Crippen molar-refractivity contribution in [3.63, 3.8) is 0 Å². The predicted octanol–water partition coefficient (Wildman–Crippen LogP) is 3.37. The molecule has 0 radical (unpaired) electrons. The molecule has 2 aromatic rings. The first kappa shape index (κ1) is 22.4. The smallest absolute Gasteiger partial charge is 0.191 e. The molecule has 0 saturated heterocycles. The molecule has 5 nitrogen and oxygen atoms in total. The lowest BCUT2D eigenvalue weighted by atomic mass is 10.1. The Balaban J connectivity index is 2.04. The molecule has 0 spiro atoms. The average Bonchev–Trinajstić information content (AvgIpc) is 3.11. The van der Waals surface area contributed by atoms with Crippen molar-refractivity contribution in [3.8, 4) is 0 Å². The number of rotatable bonds is 9. The van der Waals surface area contributed by atoms with Gasteiger partial charge in [-0.2, -0.15) is 0 Å². The third-order valence-electron chi connectivity index (χ3n) is 4.09. The van der Waals surface area contributed by atoms with Crippen LogP contribution in [0, 0.1) is 11.7 Å². The molecule has 28 heavy (non-hydrogen) atoms. The van der Waals surface area contributed by atoms with Crippen LogP contribution < -0.4 is 10.6 Å². The lowest BCUT2D eigenvalue weighted by Crippen LogP contribution is -2.39. The third kappa shape index (κ3) is 7.98. The molecular weight excluding hydrogens is 397 g/mol. The lowest BCUT2D eigenvalue weighted by molar-refractivity contribution is 0.562. The number of nitrogens with one attached hydrogen (secondary N) is 2. The van der Waals surface area contributed by atoms with Gasteiger partial charge in [0.15, 0.2) is 15.8 Å². The fourth-order valence-electron chi connectivity index (χ4n) is 2.79. The van der Waals surface area contributed by atoms with Crippen molar-refractivity contribution >= 4 is 27.1 Å². The molecule has 0 aliphatic carbocycles. The zero-order valence-electron chi connectivity index (χ0n) is 16.5. The Labute approximate surface area is 171 Å². The van der Waals surface area contributed by atoms with Gasteiger partial charge in [-0.25, -0.2) is 17.8 Å². The Hall–Kier alpha value is -1.93. The average molecular weight is 426 g/mol. The van der Waals surface area contributed by atoms with E-state index in [1.54, 1.807) is 11.3 Å². The van der Waals surface area contributed by atoms with Crippen molar-refractivity contribution in [1.29, 1.82) is 0 Å². The van der Waals surface area contributed by atoms with Gasteiger partial charge in [0, 0.05) is 24.2 Å². The highest BCUT2D eigenvalue weighted by Crippen LogP contribution is 2.16. The topological polar surface area (TPSA) is 70.6 Å². The highest BCUT2D eigenvalue weighted by Gasteiger charge is 2.11. The Morgan fingerprint density at radius 2 is 2.04 bits per heavy atom. The van der Waals surface area contributed by atoms with E-state index in [-0.39, 0.29) is 12.3 Å². The van der Waals surface area contributed by atoms with Crippen molar-refractivity contribution in [1.82, 2.24) is 10.6 Å². The second-order valence-electron chi connectivity index (χ2n) is 6.95. The zero-order chi connectivity index (χ0) is 20.6. The Bertz CT molecular complexity index is 881. The van der Waals surface area contributed by atoms with Gasteiger partial charge in [0.2, 0.25) is 0 Å². The third-order valence-corrected chi connectivity index (χ3v) is 5.82. The van der Waals surface area contributed by atoms with Crippen LogP contribution in [0.15, 0.2) is 40.7 Å². The summed E-state index contributed by atoms with van der Waals surface area (Å²) in [5.41, 5.74) is 1.16. The van der Waals surface area contributed by atoms with Crippen LogP contribution in [-0.4, -0.2) is 33.7 Å². The minimum absolute atomic E-state index is 0.125. The van der Waals surface area contributed by atoms with Crippen molar-refractivity contribution in [3.05, 3.63) is 57.5 Å². The molecule has 154 valence electrons. The highest BCUT2D eigenvalue weighted by atomic mass is 32.2. The summed E-state index contributed by atoms with van der Waals surface area (Å²) in [4.78, 5) is 5.87. The first-order valence-electron chi connectivity index (χ1n) is 9.26. The SMILES string of the molecule is CCNC(=NCc1cc(F)ccc1CS(C)(=O)=O)NCC(C)Cc1cccs1. The number of nitrogens with zero attached hydrogens (tertiary/aromatic N) is 1. The number of guanidine groups is 1. The van der Waals surface area contributed by atoms with Crippen LogP contribution in [0.1, 0.15) is 29.9 Å². The van der Waals surface area contributed by atoms with E-state index >= 15 is 0 Å². The van der Waals surface area contributed by atoms with E-state index in [1.807, 2.05) is 6.92 Å². The van der Waals surface area contributed by atoms with E-state index < -0.39 is 15.7 Å². The van der Waals surface area contributed by atoms with Crippen molar-refractivity contribution in [2.45, 2.75) is 32.6 Å². The normalized spacial score (nSPS) is 13.4. The van der Waals surface area contributed by atoms with Crippen LogP contribution in [0.25, 0.3) is 0 Å². The molecule has 0 fully saturated rings. The van der Waals surface area contributed by atoms with E-state index in [4.69, 9.17) is 0 Å². The Kier molecular flexibility index (Phi) is 8.44. The van der Waals surface area contributed by atoms with E-state index in [0.29, 0.717) is 29.5 Å². The molecular formula is C20H28FN3O2S2. The molecule has 1 atom stereocenters. The first-order chi connectivity index (χ1) is 13.3. The highest BCUT2D eigenvalue weighted by molar-refractivity contribution is 7.89. The molecule has 0 aliphatic rings. The maximum Gasteiger partial charge on any atom is 0.191 e. The van der Waals surface area contributed by atoms with Crippen molar-refractivity contribution in [2.75, 3.05) is 19.3 Å². The fourth-order valence-corrected chi connectivity index (χ4v) is 4.50. The molecule has 0 amide bonds. The van der Waals surface area contributed by atoms with Crippen LogP contribution in [0.5, 0.6) is 0 Å². The largest absolute Gasteiger partial charge is 0.357 e. The van der Waals surface area contributed by atoms with Gasteiger partial charge < -0.3 is 10.6 Å².